The summed E-state index contributed by atoms with van der Waals surface area (Å²) in [6, 6.07) is 12.5. The zero-order chi connectivity index (χ0) is 20.0. The highest BCUT2D eigenvalue weighted by molar-refractivity contribution is 6.24. The summed E-state index contributed by atoms with van der Waals surface area (Å²) >= 11 is 0. The van der Waals surface area contributed by atoms with Crippen molar-refractivity contribution in [1.29, 1.82) is 0 Å². The maximum absolute atomic E-state index is 12.8. The zero-order valence-electron chi connectivity index (χ0n) is 13.9. The average Bonchev–Trinajstić information content (AvgIpc) is 2.69. The van der Waals surface area contributed by atoms with Crippen molar-refractivity contribution in [3.8, 4) is 5.75 Å². The van der Waals surface area contributed by atoms with Crippen molar-refractivity contribution in [2.24, 2.45) is 0 Å². The Morgan fingerprint density at radius 3 is 1.96 bits per heavy atom. The molecule has 0 radical (unpaired) electrons. The van der Waals surface area contributed by atoms with Crippen molar-refractivity contribution in [2.75, 3.05) is 0 Å². The lowest BCUT2D eigenvalue weighted by Crippen LogP contribution is -2.42. The van der Waals surface area contributed by atoms with Gasteiger partial charge in [-0.15, -0.1) is 0 Å². The number of amides is 2. The number of nitro groups is 2. The van der Waals surface area contributed by atoms with Crippen molar-refractivity contribution in [3.05, 3.63) is 86.0 Å². The molecule has 3 aromatic rings. The van der Waals surface area contributed by atoms with Crippen LogP contribution in [0.4, 0.5) is 11.4 Å². The summed E-state index contributed by atoms with van der Waals surface area (Å²) in [5.74, 6) is -2.05. The first kappa shape index (κ1) is 17.1. The molecule has 1 aliphatic heterocycles. The number of nitro benzene ring substituents is 2. The molecule has 0 bridgehead atoms. The summed E-state index contributed by atoms with van der Waals surface area (Å²) in [6.45, 7) is 0. The fourth-order valence-corrected chi connectivity index (χ4v) is 3.03. The SMILES string of the molecule is O=C1c2cccc3cccc(c23)C(=O)N1Oc1ccc([N+](=O)[O-])cc1[N+](=O)[O-]. The molecule has 3 aromatic carbocycles. The Labute approximate surface area is 155 Å². The second kappa shape index (κ2) is 6.13. The number of carbonyl (C=O) groups is 2. The van der Waals surface area contributed by atoms with Gasteiger partial charge in [0.25, 0.3) is 17.5 Å². The van der Waals surface area contributed by atoms with Crippen molar-refractivity contribution < 1.29 is 24.3 Å². The van der Waals surface area contributed by atoms with Gasteiger partial charge in [0.05, 0.1) is 27.0 Å². The molecule has 0 fully saturated rings. The predicted octanol–water partition coefficient (Wildman–Crippen LogP) is 3.25. The molecule has 4 rings (SSSR count). The van der Waals surface area contributed by atoms with Gasteiger partial charge in [-0.3, -0.25) is 29.8 Å². The summed E-state index contributed by atoms with van der Waals surface area (Å²) in [4.78, 5) is 51.2. The molecule has 0 aromatic heterocycles. The van der Waals surface area contributed by atoms with Crippen LogP contribution in [0.5, 0.6) is 5.75 Å². The van der Waals surface area contributed by atoms with Crippen LogP contribution in [0.1, 0.15) is 20.7 Å². The van der Waals surface area contributed by atoms with E-state index in [1.807, 2.05) is 0 Å². The van der Waals surface area contributed by atoms with E-state index in [-0.39, 0.29) is 11.1 Å². The normalized spacial score (nSPS) is 12.9. The number of hydrogen-bond donors (Lipinski definition) is 0. The van der Waals surface area contributed by atoms with Gasteiger partial charge in [0.15, 0.2) is 0 Å². The van der Waals surface area contributed by atoms with E-state index < -0.39 is 38.8 Å². The first-order chi connectivity index (χ1) is 13.4. The largest absolute Gasteiger partial charge is 0.361 e. The molecule has 0 N–H and O–H groups in total. The number of nitrogens with zero attached hydrogens (tertiary/aromatic N) is 3. The number of non-ortho nitro benzene ring substituents is 1. The lowest BCUT2D eigenvalue weighted by molar-refractivity contribution is -0.395. The summed E-state index contributed by atoms with van der Waals surface area (Å²) in [5.41, 5.74) is -0.855. The minimum Gasteiger partial charge on any atom is -0.361 e. The Bertz CT molecular complexity index is 1150. The van der Waals surface area contributed by atoms with Crippen molar-refractivity contribution in [1.82, 2.24) is 5.06 Å². The molecule has 2 amide bonds. The van der Waals surface area contributed by atoms with Gasteiger partial charge in [0, 0.05) is 11.5 Å². The van der Waals surface area contributed by atoms with Crippen molar-refractivity contribution >= 4 is 34.0 Å². The topological polar surface area (TPSA) is 133 Å². The van der Waals surface area contributed by atoms with Gasteiger partial charge in [0.2, 0.25) is 5.75 Å². The number of carbonyl (C=O) groups excluding carboxylic acids is 2. The van der Waals surface area contributed by atoms with E-state index in [0.717, 1.165) is 12.1 Å². The highest BCUT2D eigenvalue weighted by atomic mass is 16.7. The van der Waals surface area contributed by atoms with E-state index in [0.29, 0.717) is 21.9 Å². The van der Waals surface area contributed by atoms with Crippen LogP contribution in [-0.2, 0) is 0 Å². The second-order valence-electron chi connectivity index (χ2n) is 5.87. The van der Waals surface area contributed by atoms with Crippen LogP contribution < -0.4 is 4.84 Å². The van der Waals surface area contributed by atoms with Crippen LogP contribution in [0.3, 0.4) is 0 Å². The number of rotatable bonds is 4. The van der Waals surface area contributed by atoms with Crippen LogP contribution in [0, 0.1) is 20.2 Å². The minimum absolute atomic E-state index is 0.206. The maximum Gasteiger partial charge on any atom is 0.321 e. The predicted molar refractivity (Wildman–Crippen MR) is 94.8 cm³/mol. The summed E-state index contributed by atoms with van der Waals surface area (Å²) in [5, 5.41) is 23.7. The average molecular weight is 379 g/mol. The monoisotopic (exact) mass is 379 g/mol. The second-order valence-corrected chi connectivity index (χ2v) is 5.87. The maximum atomic E-state index is 12.8. The molecule has 0 spiro atoms. The summed E-state index contributed by atoms with van der Waals surface area (Å²) < 4.78 is 0. The highest BCUT2D eigenvalue weighted by Gasteiger charge is 2.36. The quantitative estimate of drug-likeness (QED) is 0.386. The van der Waals surface area contributed by atoms with Crippen LogP contribution in [0.15, 0.2) is 54.6 Å². The third kappa shape index (κ3) is 2.51. The Morgan fingerprint density at radius 1 is 0.821 bits per heavy atom. The number of hydroxylamine groups is 2. The fraction of sp³-hybridized carbons (Fsp3) is 0. The molecule has 0 atom stereocenters. The Balaban J connectivity index is 1.80. The standard InChI is InChI=1S/C18H9N3O7/c22-17-12-5-1-3-10-4-2-6-13(16(10)12)18(23)19(17)28-15-8-7-11(20(24)25)9-14(15)21(26)27/h1-9H. The smallest absolute Gasteiger partial charge is 0.321 e. The Kier molecular flexibility index (Phi) is 3.74. The fourth-order valence-electron chi connectivity index (χ4n) is 3.03. The molecular formula is C18H9N3O7. The molecule has 10 nitrogen and oxygen atoms in total. The molecule has 138 valence electrons. The Morgan fingerprint density at radius 2 is 1.43 bits per heavy atom. The van der Waals surface area contributed by atoms with E-state index in [1.54, 1.807) is 24.3 Å². The molecule has 0 unspecified atom stereocenters. The van der Waals surface area contributed by atoms with E-state index in [1.165, 1.54) is 12.1 Å². The van der Waals surface area contributed by atoms with Crippen LogP contribution in [0.2, 0.25) is 0 Å². The van der Waals surface area contributed by atoms with Gasteiger partial charge in [-0.2, -0.15) is 0 Å². The van der Waals surface area contributed by atoms with E-state index in [4.69, 9.17) is 4.84 Å². The third-order valence-corrected chi connectivity index (χ3v) is 4.27. The number of hydrogen-bond acceptors (Lipinski definition) is 7. The molecule has 1 heterocycles. The van der Waals surface area contributed by atoms with Gasteiger partial charge >= 0.3 is 5.69 Å². The van der Waals surface area contributed by atoms with E-state index in [9.17, 15) is 29.8 Å². The van der Waals surface area contributed by atoms with Crippen molar-refractivity contribution in [3.63, 3.8) is 0 Å². The first-order valence-electron chi connectivity index (χ1n) is 7.90. The zero-order valence-corrected chi connectivity index (χ0v) is 13.9. The van der Waals surface area contributed by atoms with Gasteiger partial charge in [-0.05, 0) is 23.6 Å². The molecule has 28 heavy (non-hydrogen) atoms. The lowest BCUT2D eigenvalue weighted by Gasteiger charge is -2.25. The van der Waals surface area contributed by atoms with Gasteiger partial charge in [-0.25, -0.2) is 0 Å². The lowest BCUT2D eigenvalue weighted by atomic mass is 9.95. The summed E-state index contributed by atoms with van der Waals surface area (Å²) in [7, 11) is 0. The highest BCUT2D eigenvalue weighted by Crippen LogP contribution is 2.35. The minimum atomic E-state index is -0.893. The molecule has 0 aliphatic carbocycles. The molecule has 1 aliphatic rings. The first-order valence-corrected chi connectivity index (χ1v) is 7.90. The van der Waals surface area contributed by atoms with E-state index >= 15 is 0 Å². The number of imide groups is 1. The molecule has 0 saturated heterocycles. The van der Waals surface area contributed by atoms with Crippen molar-refractivity contribution in [2.45, 2.75) is 0 Å². The number of benzene rings is 3. The van der Waals surface area contributed by atoms with E-state index in [2.05, 4.69) is 0 Å². The van der Waals surface area contributed by atoms with Crippen LogP contribution >= 0.6 is 0 Å². The van der Waals surface area contributed by atoms with Gasteiger partial charge < -0.3 is 4.84 Å². The Hall–Kier alpha value is -4.34. The van der Waals surface area contributed by atoms with Gasteiger partial charge in [-0.1, -0.05) is 29.3 Å². The molecule has 0 saturated carbocycles. The van der Waals surface area contributed by atoms with Gasteiger partial charge in [0.1, 0.15) is 0 Å². The molecule has 10 heteroatoms. The van der Waals surface area contributed by atoms with Crippen LogP contribution in [0.25, 0.3) is 10.8 Å². The van der Waals surface area contributed by atoms with Crippen LogP contribution in [-0.4, -0.2) is 26.7 Å². The third-order valence-electron chi connectivity index (χ3n) is 4.27. The molecular weight excluding hydrogens is 370 g/mol. The summed E-state index contributed by atoms with van der Waals surface area (Å²) in [6.07, 6.45) is 0.